The number of nitrogens with zero attached hydrogens (tertiary/aromatic N) is 1. The lowest BCUT2D eigenvalue weighted by molar-refractivity contribution is 0.0255. The average molecular weight is 271 g/mol. The molecule has 3 N–H and O–H groups in total. The Hall–Kier alpha value is -0.810. The Kier molecular flexibility index (Phi) is 6.58. The van der Waals surface area contributed by atoms with Crippen LogP contribution in [0, 0.1) is 5.92 Å². The Bertz CT molecular complexity index is 276. The fraction of sp³-hybridized carbons (Fsp3) is 0.929. The second-order valence-corrected chi connectivity index (χ2v) is 6.26. The van der Waals surface area contributed by atoms with Crippen molar-refractivity contribution in [2.45, 2.75) is 45.6 Å². The summed E-state index contributed by atoms with van der Waals surface area (Å²) in [5.41, 5.74) is 5.05. The second-order valence-electron chi connectivity index (χ2n) is 6.26. The maximum Gasteiger partial charge on any atom is 0.410 e. The molecule has 1 aliphatic heterocycles. The zero-order valence-corrected chi connectivity index (χ0v) is 12.6. The minimum atomic E-state index is -0.411. The smallest absolute Gasteiger partial charge is 0.410 e. The molecule has 1 heterocycles. The normalized spacial score (nSPS) is 21.1. The molecule has 1 atom stereocenters. The summed E-state index contributed by atoms with van der Waals surface area (Å²) in [5.74, 6) is 0.638. The highest BCUT2D eigenvalue weighted by atomic mass is 16.6. The lowest BCUT2D eigenvalue weighted by Gasteiger charge is -2.26. The lowest BCUT2D eigenvalue weighted by Crippen LogP contribution is -2.37. The molecule has 19 heavy (non-hydrogen) atoms. The number of amides is 1. The van der Waals surface area contributed by atoms with Crippen LogP contribution in [-0.4, -0.2) is 49.3 Å². The van der Waals surface area contributed by atoms with E-state index in [-0.39, 0.29) is 6.09 Å². The van der Waals surface area contributed by atoms with Crippen LogP contribution in [0.1, 0.15) is 40.0 Å². The summed E-state index contributed by atoms with van der Waals surface area (Å²) in [6.07, 6.45) is 3.07. The lowest BCUT2D eigenvalue weighted by atomic mass is 10.0. The van der Waals surface area contributed by atoms with E-state index < -0.39 is 5.60 Å². The molecule has 0 radical (unpaired) electrons. The summed E-state index contributed by atoms with van der Waals surface area (Å²) in [7, 11) is 0. The van der Waals surface area contributed by atoms with Crippen LogP contribution in [0.2, 0.25) is 0 Å². The number of ether oxygens (including phenoxy) is 1. The van der Waals surface area contributed by atoms with Gasteiger partial charge in [-0.05, 0) is 52.5 Å². The summed E-state index contributed by atoms with van der Waals surface area (Å²) >= 11 is 0. The Morgan fingerprint density at radius 2 is 2.11 bits per heavy atom. The van der Waals surface area contributed by atoms with Crippen LogP contribution < -0.4 is 11.1 Å². The van der Waals surface area contributed by atoms with Crippen molar-refractivity contribution < 1.29 is 9.53 Å². The Morgan fingerprint density at radius 1 is 1.37 bits per heavy atom. The van der Waals surface area contributed by atoms with Crippen molar-refractivity contribution in [3.63, 3.8) is 0 Å². The van der Waals surface area contributed by atoms with Crippen molar-refractivity contribution >= 4 is 6.09 Å². The molecule has 112 valence electrons. The summed E-state index contributed by atoms with van der Waals surface area (Å²) in [6.45, 7) is 9.86. The molecule has 0 spiro atoms. The van der Waals surface area contributed by atoms with Crippen molar-refractivity contribution in [3.05, 3.63) is 0 Å². The van der Waals surface area contributed by atoms with Crippen molar-refractivity contribution in [2.75, 3.05) is 32.7 Å². The van der Waals surface area contributed by atoms with Gasteiger partial charge in [-0.15, -0.1) is 0 Å². The topological polar surface area (TPSA) is 67.6 Å². The Balaban J connectivity index is 2.34. The summed E-state index contributed by atoms with van der Waals surface area (Å²) in [6, 6.07) is 0. The quantitative estimate of drug-likeness (QED) is 0.762. The maximum atomic E-state index is 12.0. The van der Waals surface area contributed by atoms with Crippen LogP contribution in [0.15, 0.2) is 0 Å². The standard InChI is InChI=1S/C14H29N3O2/c1-14(2,3)19-13(18)17-9-4-5-12(6-10-17)11-16-8-7-15/h12,16H,4-11,15H2,1-3H3. The van der Waals surface area contributed by atoms with Crippen molar-refractivity contribution in [3.8, 4) is 0 Å². The van der Waals surface area contributed by atoms with Crippen LogP contribution in [-0.2, 0) is 4.74 Å². The second kappa shape index (κ2) is 7.70. The number of carbonyl (C=O) groups is 1. The predicted molar refractivity (Wildman–Crippen MR) is 77.1 cm³/mol. The molecule has 1 rings (SSSR count). The van der Waals surface area contributed by atoms with Gasteiger partial charge < -0.3 is 20.7 Å². The number of hydrogen-bond acceptors (Lipinski definition) is 4. The van der Waals surface area contributed by atoms with Crippen LogP contribution in [0.3, 0.4) is 0 Å². The molecule has 0 aliphatic carbocycles. The van der Waals surface area contributed by atoms with Gasteiger partial charge in [0.2, 0.25) is 0 Å². The van der Waals surface area contributed by atoms with Gasteiger partial charge >= 0.3 is 6.09 Å². The molecule has 1 amide bonds. The third-order valence-corrected chi connectivity index (χ3v) is 3.25. The first-order valence-electron chi connectivity index (χ1n) is 7.31. The van der Waals surface area contributed by atoms with Crippen LogP contribution in [0.25, 0.3) is 0 Å². The van der Waals surface area contributed by atoms with Gasteiger partial charge in [0, 0.05) is 26.2 Å². The van der Waals surface area contributed by atoms with Gasteiger partial charge in [-0.3, -0.25) is 0 Å². The van der Waals surface area contributed by atoms with E-state index in [0.29, 0.717) is 12.5 Å². The van der Waals surface area contributed by atoms with Gasteiger partial charge in [-0.25, -0.2) is 4.79 Å². The number of nitrogens with one attached hydrogen (secondary N) is 1. The van der Waals surface area contributed by atoms with Crippen molar-refractivity contribution in [2.24, 2.45) is 11.7 Å². The van der Waals surface area contributed by atoms with Crippen LogP contribution in [0.4, 0.5) is 4.79 Å². The molecule has 0 bridgehead atoms. The maximum absolute atomic E-state index is 12.0. The molecule has 0 saturated carbocycles. The van der Waals surface area contributed by atoms with E-state index in [0.717, 1.165) is 45.4 Å². The van der Waals surface area contributed by atoms with Gasteiger partial charge in [0.1, 0.15) is 5.60 Å². The van der Waals surface area contributed by atoms with E-state index in [1.165, 1.54) is 0 Å². The van der Waals surface area contributed by atoms with E-state index in [2.05, 4.69) is 5.32 Å². The van der Waals surface area contributed by atoms with E-state index in [4.69, 9.17) is 10.5 Å². The zero-order valence-electron chi connectivity index (χ0n) is 12.6. The van der Waals surface area contributed by atoms with E-state index in [9.17, 15) is 4.79 Å². The van der Waals surface area contributed by atoms with Gasteiger partial charge in [0.25, 0.3) is 0 Å². The molecule has 0 aromatic rings. The minimum absolute atomic E-state index is 0.178. The van der Waals surface area contributed by atoms with E-state index in [1.54, 1.807) is 0 Å². The molecule has 0 aromatic heterocycles. The zero-order chi connectivity index (χ0) is 14.3. The first-order chi connectivity index (χ1) is 8.92. The minimum Gasteiger partial charge on any atom is -0.444 e. The first kappa shape index (κ1) is 16.2. The molecule has 5 heteroatoms. The Labute approximate surface area is 116 Å². The third-order valence-electron chi connectivity index (χ3n) is 3.25. The predicted octanol–water partition coefficient (Wildman–Crippen LogP) is 1.57. The SMILES string of the molecule is CC(C)(C)OC(=O)N1CCCC(CNCCN)CC1. The fourth-order valence-electron chi connectivity index (χ4n) is 2.29. The molecule has 1 saturated heterocycles. The molecule has 5 nitrogen and oxygen atoms in total. The number of nitrogens with two attached hydrogens (primary N) is 1. The van der Waals surface area contributed by atoms with Gasteiger partial charge in [0.05, 0.1) is 0 Å². The first-order valence-corrected chi connectivity index (χ1v) is 7.31. The number of hydrogen-bond donors (Lipinski definition) is 2. The van der Waals surface area contributed by atoms with E-state index >= 15 is 0 Å². The molecular weight excluding hydrogens is 242 g/mol. The van der Waals surface area contributed by atoms with Gasteiger partial charge in [0.15, 0.2) is 0 Å². The molecule has 1 unspecified atom stereocenters. The van der Waals surface area contributed by atoms with Crippen LogP contribution in [0.5, 0.6) is 0 Å². The molecule has 0 aromatic carbocycles. The van der Waals surface area contributed by atoms with E-state index in [1.807, 2.05) is 25.7 Å². The largest absolute Gasteiger partial charge is 0.444 e. The molecular formula is C14H29N3O2. The highest BCUT2D eigenvalue weighted by Crippen LogP contribution is 2.19. The summed E-state index contributed by atoms with van der Waals surface area (Å²) in [4.78, 5) is 13.8. The third kappa shape index (κ3) is 6.78. The van der Waals surface area contributed by atoms with Crippen molar-refractivity contribution in [1.82, 2.24) is 10.2 Å². The highest BCUT2D eigenvalue weighted by Gasteiger charge is 2.24. The summed E-state index contributed by atoms with van der Waals surface area (Å²) in [5, 5.41) is 3.36. The highest BCUT2D eigenvalue weighted by molar-refractivity contribution is 5.68. The number of likely N-dealkylation sites (tertiary alicyclic amines) is 1. The van der Waals surface area contributed by atoms with Crippen molar-refractivity contribution in [1.29, 1.82) is 0 Å². The monoisotopic (exact) mass is 271 g/mol. The average Bonchev–Trinajstić information content (AvgIpc) is 2.53. The Morgan fingerprint density at radius 3 is 2.74 bits per heavy atom. The number of rotatable bonds is 4. The van der Waals surface area contributed by atoms with Gasteiger partial charge in [-0.2, -0.15) is 0 Å². The van der Waals surface area contributed by atoms with Crippen LogP contribution >= 0.6 is 0 Å². The fourth-order valence-corrected chi connectivity index (χ4v) is 2.29. The molecule has 1 aliphatic rings. The summed E-state index contributed by atoms with van der Waals surface area (Å²) < 4.78 is 5.42. The van der Waals surface area contributed by atoms with Gasteiger partial charge in [-0.1, -0.05) is 0 Å². The number of carbonyl (C=O) groups excluding carboxylic acids is 1. The molecule has 1 fully saturated rings.